The third-order valence-electron chi connectivity index (χ3n) is 3.01. The molecule has 4 nitrogen and oxygen atoms in total. The molecule has 1 aliphatic carbocycles. The number of ether oxygens (including phenoxy) is 1. The molecule has 0 bridgehead atoms. The number of nitrogens with zero attached hydrogens (tertiary/aromatic N) is 1. The Morgan fingerprint density at radius 3 is 3.00 bits per heavy atom. The summed E-state index contributed by atoms with van der Waals surface area (Å²) in [5, 5.41) is 3.19. The Balaban J connectivity index is 1.57. The van der Waals surface area contributed by atoms with Gasteiger partial charge in [0.2, 0.25) is 5.91 Å². The fourth-order valence-electron chi connectivity index (χ4n) is 1.67. The molecular formula is C11H20N2O2S. The maximum absolute atomic E-state index is 11.9. The highest BCUT2D eigenvalue weighted by Gasteiger charge is 2.25. The molecule has 92 valence electrons. The first-order valence-electron chi connectivity index (χ1n) is 5.91. The summed E-state index contributed by atoms with van der Waals surface area (Å²) >= 11 is 1.78. The van der Waals surface area contributed by atoms with E-state index in [9.17, 15) is 4.79 Å². The average molecular weight is 244 g/mol. The van der Waals surface area contributed by atoms with Crippen LogP contribution in [0.1, 0.15) is 12.8 Å². The quantitative estimate of drug-likeness (QED) is 0.692. The number of carbonyl (C=O) groups is 1. The van der Waals surface area contributed by atoms with Gasteiger partial charge in [-0.05, 0) is 18.8 Å². The lowest BCUT2D eigenvalue weighted by molar-refractivity contribution is -0.132. The fraction of sp³-hybridized carbons (Fsp3) is 0.909. The molecule has 0 aromatic carbocycles. The molecule has 0 aromatic rings. The highest BCUT2D eigenvalue weighted by Crippen LogP contribution is 2.28. The van der Waals surface area contributed by atoms with E-state index in [1.165, 1.54) is 12.8 Å². The summed E-state index contributed by atoms with van der Waals surface area (Å²) < 4.78 is 5.52. The number of hydrogen-bond donors (Lipinski definition) is 1. The monoisotopic (exact) mass is 244 g/mol. The van der Waals surface area contributed by atoms with Crippen molar-refractivity contribution in [2.45, 2.75) is 18.9 Å². The lowest BCUT2D eigenvalue weighted by Crippen LogP contribution is -2.44. The molecular weight excluding hydrogens is 224 g/mol. The van der Waals surface area contributed by atoms with Crippen molar-refractivity contribution in [3.8, 4) is 0 Å². The van der Waals surface area contributed by atoms with Crippen LogP contribution in [-0.4, -0.2) is 55.3 Å². The van der Waals surface area contributed by atoms with Crippen molar-refractivity contribution in [2.24, 2.45) is 5.92 Å². The van der Waals surface area contributed by atoms with Gasteiger partial charge in [-0.3, -0.25) is 10.1 Å². The summed E-state index contributed by atoms with van der Waals surface area (Å²) in [6, 6.07) is 0.0124. The second-order valence-electron chi connectivity index (χ2n) is 4.55. The third-order valence-corrected chi connectivity index (χ3v) is 3.95. The van der Waals surface area contributed by atoms with Crippen LogP contribution in [0.25, 0.3) is 0 Å². The predicted molar refractivity (Wildman–Crippen MR) is 65.4 cm³/mol. The lowest BCUT2D eigenvalue weighted by Gasteiger charge is -2.20. The van der Waals surface area contributed by atoms with E-state index in [1.807, 2.05) is 7.05 Å². The summed E-state index contributed by atoms with van der Waals surface area (Å²) in [5.74, 6) is 2.78. The topological polar surface area (TPSA) is 41.6 Å². The van der Waals surface area contributed by atoms with Crippen LogP contribution in [0.15, 0.2) is 0 Å². The largest absolute Gasteiger partial charge is 0.379 e. The molecule has 1 unspecified atom stereocenters. The molecule has 1 saturated heterocycles. The van der Waals surface area contributed by atoms with Crippen molar-refractivity contribution >= 4 is 17.7 Å². The lowest BCUT2D eigenvalue weighted by atomic mass is 10.3. The molecule has 2 aliphatic rings. The third kappa shape index (κ3) is 3.64. The average Bonchev–Trinajstić information content (AvgIpc) is 2.95. The Bertz CT molecular complexity index is 240. The summed E-state index contributed by atoms with van der Waals surface area (Å²) in [6.07, 6.45) is 2.63. The maximum Gasteiger partial charge on any atom is 0.240 e. The van der Waals surface area contributed by atoms with Crippen LogP contribution in [0.4, 0.5) is 0 Å². The molecule has 1 heterocycles. The second kappa shape index (κ2) is 5.89. The summed E-state index contributed by atoms with van der Waals surface area (Å²) in [4.78, 5) is 13.7. The molecule has 0 spiro atoms. The van der Waals surface area contributed by atoms with Crippen molar-refractivity contribution in [1.29, 1.82) is 0 Å². The van der Waals surface area contributed by atoms with Crippen molar-refractivity contribution < 1.29 is 9.53 Å². The number of hydrogen-bond acceptors (Lipinski definition) is 4. The van der Waals surface area contributed by atoms with Gasteiger partial charge in [0.1, 0.15) is 0 Å². The van der Waals surface area contributed by atoms with Gasteiger partial charge in [-0.2, -0.15) is 0 Å². The van der Waals surface area contributed by atoms with Gasteiger partial charge in [0.25, 0.3) is 0 Å². The summed E-state index contributed by atoms with van der Waals surface area (Å²) in [5.41, 5.74) is 0. The normalized spacial score (nSPS) is 24.7. The Hall–Kier alpha value is -0.260. The predicted octanol–water partition coefficient (Wildman–Crippen LogP) is 0.534. The van der Waals surface area contributed by atoms with Crippen LogP contribution in [0.5, 0.6) is 0 Å². The van der Waals surface area contributed by atoms with E-state index in [0.717, 1.165) is 24.2 Å². The first-order chi connectivity index (χ1) is 7.77. The Labute approximate surface area is 101 Å². The van der Waals surface area contributed by atoms with Crippen LogP contribution in [-0.2, 0) is 9.53 Å². The first-order valence-corrected chi connectivity index (χ1v) is 7.06. The van der Waals surface area contributed by atoms with Crippen LogP contribution < -0.4 is 5.32 Å². The SMILES string of the molecule is CN(CCOCC1CC1)C(=O)C1CSCN1. The smallest absolute Gasteiger partial charge is 0.240 e. The number of carbonyl (C=O) groups excluding carboxylic acids is 1. The molecule has 1 saturated carbocycles. The molecule has 1 atom stereocenters. The van der Waals surface area contributed by atoms with E-state index < -0.39 is 0 Å². The van der Waals surface area contributed by atoms with E-state index in [1.54, 1.807) is 16.7 Å². The number of amides is 1. The van der Waals surface area contributed by atoms with Gasteiger partial charge in [-0.25, -0.2) is 0 Å². The zero-order chi connectivity index (χ0) is 11.4. The van der Waals surface area contributed by atoms with Crippen molar-refractivity contribution in [3.63, 3.8) is 0 Å². The van der Waals surface area contributed by atoms with Gasteiger partial charge < -0.3 is 9.64 Å². The van der Waals surface area contributed by atoms with Crippen molar-refractivity contribution in [3.05, 3.63) is 0 Å². The molecule has 2 rings (SSSR count). The molecule has 1 N–H and O–H groups in total. The summed E-state index contributed by atoms with van der Waals surface area (Å²) in [6.45, 7) is 2.24. The number of likely N-dealkylation sites (N-methyl/N-ethyl adjacent to an activating group) is 1. The van der Waals surface area contributed by atoms with Gasteiger partial charge in [0.15, 0.2) is 0 Å². The van der Waals surface area contributed by atoms with Crippen LogP contribution in [0.3, 0.4) is 0 Å². The highest BCUT2D eigenvalue weighted by atomic mass is 32.2. The van der Waals surface area contributed by atoms with E-state index in [2.05, 4.69) is 5.32 Å². The number of rotatable bonds is 6. The van der Waals surface area contributed by atoms with E-state index in [4.69, 9.17) is 4.74 Å². The standard InChI is InChI=1S/C11H20N2O2S/c1-13(4-5-15-6-9-2-3-9)11(14)10-7-16-8-12-10/h9-10,12H,2-8H2,1H3. The molecule has 2 fully saturated rings. The highest BCUT2D eigenvalue weighted by molar-refractivity contribution is 7.99. The minimum Gasteiger partial charge on any atom is -0.379 e. The number of thioether (sulfide) groups is 1. The number of nitrogens with one attached hydrogen (secondary N) is 1. The molecule has 5 heteroatoms. The van der Waals surface area contributed by atoms with Crippen molar-refractivity contribution in [2.75, 3.05) is 38.4 Å². The fourth-order valence-corrected chi connectivity index (χ4v) is 2.60. The van der Waals surface area contributed by atoms with Gasteiger partial charge in [-0.1, -0.05) is 0 Å². The minimum atomic E-state index is 0.0124. The van der Waals surface area contributed by atoms with E-state index in [-0.39, 0.29) is 11.9 Å². The van der Waals surface area contributed by atoms with Gasteiger partial charge >= 0.3 is 0 Å². The minimum absolute atomic E-state index is 0.0124. The van der Waals surface area contributed by atoms with Crippen LogP contribution in [0, 0.1) is 5.92 Å². The maximum atomic E-state index is 11.9. The Morgan fingerprint density at radius 1 is 1.56 bits per heavy atom. The van der Waals surface area contributed by atoms with Gasteiger partial charge in [0, 0.05) is 31.8 Å². The van der Waals surface area contributed by atoms with Crippen LogP contribution in [0.2, 0.25) is 0 Å². The van der Waals surface area contributed by atoms with Crippen molar-refractivity contribution in [1.82, 2.24) is 10.2 Å². The molecule has 1 aliphatic heterocycles. The second-order valence-corrected chi connectivity index (χ2v) is 5.58. The Morgan fingerprint density at radius 2 is 2.38 bits per heavy atom. The molecule has 16 heavy (non-hydrogen) atoms. The zero-order valence-electron chi connectivity index (χ0n) is 9.78. The zero-order valence-corrected chi connectivity index (χ0v) is 10.6. The molecule has 1 amide bonds. The van der Waals surface area contributed by atoms with Crippen LogP contribution >= 0.6 is 11.8 Å². The van der Waals surface area contributed by atoms with Gasteiger partial charge in [-0.15, -0.1) is 11.8 Å². The van der Waals surface area contributed by atoms with Gasteiger partial charge in [0.05, 0.1) is 12.6 Å². The van der Waals surface area contributed by atoms with E-state index >= 15 is 0 Å². The summed E-state index contributed by atoms with van der Waals surface area (Å²) in [7, 11) is 1.85. The molecule has 0 radical (unpaired) electrons. The molecule has 0 aromatic heterocycles. The first kappa shape index (κ1) is 12.2. The van der Waals surface area contributed by atoms with E-state index in [0.29, 0.717) is 13.2 Å². The Kier molecular flexibility index (Phi) is 4.49.